The zero-order valence-electron chi connectivity index (χ0n) is 16.7. The van der Waals surface area contributed by atoms with Crippen molar-refractivity contribution >= 4 is 6.03 Å². The Hall–Kier alpha value is -2.34. The molecule has 1 aromatic carbocycles. The summed E-state index contributed by atoms with van der Waals surface area (Å²) >= 11 is 0. The van der Waals surface area contributed by atoms with Crippen molar-refractivity contribution in [1.29, 1.82) is 0 Å². The highest BCUT2D eigenvalue weighted by Crippen LogP contribution is 2.59. The summed E-state index contributed by atoms with van der Waals surface area (Å²) in [6.07, 6.45) is 11.9. The Kier molecular flexibility index (Phi) is 3.98. The molecule has 3 saturated heterocycles. The predicted octanol–water partition coefficient (Wildman–Crippen LogP) is 3.82. The highest BCUT2D eigenvalue weighted by atomic mass is 16.5. The number of ether oxygens (including phenoxy) is 1. The lowest BCUT2D eigenvalue weighted by atomic mass is 9.88. The maximum atomic E-state index is 13.2. The molecule has 2 aromatic rings. The lowest BCUT2D eigenvalue weighted by molar-refractivity contribution is 0.0830. The molecule has 4 atom stereocenters. The summed E-state index contributed by atoms with van der Waals surface area (Å²) in [6, 6.07) is 11.1. The quantitative estimate of drug-likeness (QED) is 0.864. The van der Waals surface area contributed by atoms with Crippen LogP contribution < -0.4 is 5.32 Å². The minimum atomic E-state index is -0.216. The van der Waals surface area contributed by atoms with Crippen LogP contribution in [-0.4, -0.2) is 45.2 Å². The van der Waals surface area contributed by atoms with Gasteiger partial charge in [0.2, 0.25) is 0 Å². The topological polar surface area (TPSA) is 59.4 Å². The van der Waals surface area contributed by atoms with Gasteiger partial charge in [0.25, 0.3) is 0 Å². The van der Waals surface area contributed by atoms with E-state index in [4.69, 9.17) is 4.74 Å². The Morgan fingerprint density at radius 1 is 1.10 bits per heavy atom. The fourth-order valence-corrected chi connectivity index (χ4v) is 5.92. The monoisotopic (exact) mass is 392 g/mol. The van der Waals surface area contributed by atoms with Crippen molar-refractivity contribution in [3.63, 3.8) is 0 Å². The van der Waals surface area contributed by atoms with Crippen LogP contribution in [0.25, 0.3) is 5.69 Å². The molecule has 2 amide bonds. The third-order valence-electron chi connectivity index (χ3n) is 7.51. The molecule has 1 aromatic heterocycles. The molecular weight excluding hydrogens is 364 g/mol. The summed E-state index contributed by atoms with van der Waals surface area (Å²) < 4.78 is 8.12. The van der Waals surface area contributed by atoms with Crippen molar-refractivity contribution in [2.45, 2.75) is 69.2 Å². The number of urea groups is 1. The molecule has 6 nitrogen and oxygen atoms in total. The van der Waals surface area contributed by atoms with Crippen LogP contribution in [0.15, 0.2) is 42.7 Å². The molecule has 1 N–H and O–H groups in total. The lowest BCUT2D eigenvalue weighted by Crippen LogP contribution is -2.53. The molecule has 0 radical (unpaired) electrons. The van der Waals surface area contributed by atoms with Gasteiger partial charge in [-0.05, 0) is 62.5 Å². The number of fused-ring (bicyclic) bond motifs is 2. The maximum absolute atomic E-state index is 13.2. The molecule has 6 heteroatoms. The molecule has 1 saturated carbocycles. The van der Waals surface area contributed by atoms with Gasteiger partial charge < -0.3 is 19.5 Å². The number of hydrogen-bond donors (Lipinski definition) is 1. The van der Waals surface area contributed by atoms with E-state index in [-0.39, 0.29) is 18.2 Å². The number of benzene rings is 1. The summed E-state index contributed by atoms with van der Waals surface area (Å²) in [4.78, 5) is 20.0. The van der Waals surface area contributed by atoms with Crippen LogP contribution in [0.5, 0.6) is 0 Å². The number of piperidine rings is 1. The molecule has 4 aliphatic rings. The van der Waals surface area contributed by atoms with Crippen LogP contribution in [0.2, 0.25) is 0 Å². The Morgan fingerprint density at radius 2 is 1.86 bits per heavy atom. The van der Waals surface area contributed by atoms with Gasteiger partial charge >= 0.3 is 6.03 Å². The molecule has 2 unspecified atom stereocenters. The Balaban J connectivity index is 1.20. The third-order valence-corrected chi connectivity index (χ3v) is 7.51. The van der Waals surface area contributed by atoms with Crippen molar-refractivity contribution in [2.75, 3.05) is 6.61 Å². The van der Waals surface area contributed by atoms with Gasteiger partial charge in [0.15, 0.2) is 0 Å². The minimum Gasteiger partial charge on any atom is -0.368 e. The molecular formula is C23H28N4O2. The van der Waals surface area contributed by atoms with Crippen molar-refractivity contribution < 1.29 is 9.53 Å². The second-order valence-electron chi connectivity index (χ2n) is 9.33. The van der Waals surface area contributed by atoms with E-state index < -0.39 is 0 Å². The Morgan fingerprint density at radius 3 is 2.59 bits per heavy atom. The number of nitrogens with zero attached hydrogens (tertiary/aromatic N) is 3. The highest BCUT2D eigenvalue weighted by Gasteiger charge is 2.55. The van der Waals surface area contributed by atoms with Gasteiger partial charge in [-0.1, -0.05) is 18.2 Å². The van der Waals surface area contributed by atoms with Crippen molar-refractivity contribution in [1.82, 2.24) is 19.8 Å². The van der Waals surface area contributed by atoms with Crippen LogP contribution in [0.4, 0.5) is 4.79 Å². The van der Waals surface area contributed by atoms with Gasteiger partial charge in [0, 0.05) is 36.8 Å². The summed E-state index contributed by atoms with van der Waals surface area (Å²) in [6.45, 7) is 0.646. The predicted molar refractivity (Wildman–Crippen MR) is 109 cm³/mol. The molecule has 3 aliphatic heterocycles. The van der Waals surface area contributed by atoms with Gasteiger partial charge in [0.1, 0.15) is 11.9 Å². The van der Waals surface area contributed by atoms with E-state index in [0.29, 0.717) is 24.1 Å². The number of nitrogens with one attached hydrogen (secondary N) is 1. The van der Waals surface area contributed by atoms with E-state index in [9.17, 15) is 4.79 Å². The van der Waals surface area contributed by atoms with Crippen LogP contribution in [0.3, 0.4) is 0 Å². The van der Waals surface area contributed by atoms with Crippen LogP contribution in [0, 0.1) is 5.41 Å². The average Bonchev–Trinajstić information content (AvgIpc) is 3.09. The van der Waals surface area contributed by atoms with Crippen LogP contribution in [-0.2, 0) is 4.74 Å². The highest BCUT2D eigenvalue weighted by molar-refractivity contribution is 5.76. The summed E-state index contributed by atoms with van der Waals surface area (Å²) in [5, 5.41) is 3.32. The molecule has 6 rings (SSSR count). The lowest BCUT2D eigenvalue weighted by Gasteiger charge is -2.40. The van der Waals surface area contributed by atoms with Gasteiger partial charge in [-0.25, -0.2) is 9.78 Å². The van der Waals surface area contributed by atoms with Gasteiger partial charge in [0.05, 0.1) is 6.04 Å². The van der Waals surface area contributed by atoms with Crippen LogP contribution in [0.1, 0.15) is 56.9 Å². The number of aromatic nitrogens is 2. The number of carbonyl (C=O) groups excluding carboxylic acids is 1. The summed E-state index contributed by atoms with van der Waals surface area (Å²) in [5.41, 5.74) is 1.64. The number of rotatable bonds is 3. The van der Waals surface area contributed by atoms with Gasteiger partial charge in [-0.15, -0.1) is 0 Å². The molecule has 4 fully saturated rings. The normalized spacial score (nSPS) is 31.9. The van der Waals surface area contributed by atoms with Gasteiger partial charge in [-0.3, -0.25) is 0 Å². The molecule has 152 valence electrons. The first-order valence-electron chi connectivity index (χ1n) is 11.0. The van der Waals surface area contributed by atoms with Crippen molar-refractivity contribution in [2.24, 2.45) is 5.41 Å². The molecule has 4 heterocycles. The second kappa shape index (κ2) is 6.59. The van der Waals surface area contributed by atoms with Crippen LogP contribution >= 0.6 is 0 Å². The number of carbonyl (C=O) groups is 1. The Bertz CT molecular complexity index is 891. The maximum Gasteiger partial charge on any atom is 0.318 e. The fraction of sp³-hybridized carbons (Fsp3) is 0.565. The average molecular weight is 393 g/mol. The summed E-state index contributed by atoms with van der Waals surface area (Å²) in [5.74, 6) is 0.859. The largest absolute Gasteiger partial charge is 0.368 e. The SMILES string of the molecule is O=C(N[C@H]1CCO[C@@H]1c1nccn1-c1ccccc1)N1C2CCC1CC1(CC1)C2. The van der Waals surface area contributed by atoms with E-state index in [1.807, 2.05) is 30.6 Å². The summed E-state index contributed by atoms with van der Waals surface area (Å²) in [7, 11) is 0. The first kappa shape index (κ1) is 17.5. The molecule has 29 heavy (non-hydrogen) atoms. The minimum absolute atomic E-state index is 0.0384. The van der Waals surface area contributed by atoms with E-state index in [0.717, 1.165) is 17.9 Å². The molecule has 1 aliphatic carbocycles. The molecule has 1 spiro atoms. The zero-order valence-corrected chi connectivity index (χ0v) is 16.7. The van der Waals surface area contributed by atoms with E-state index >= 15 is 0 Å². The van der Waals surface area contributed by atoms with E-state index in [1.165, 1.54) is 38.5 Å². The first-order valence-corrected chi connectivity index (χ1v) is 11.0. The van der Waals surface area contributed by atoms with E-state index in [1.54, 1.807) is 0 Å². The number of imidazole rings is 1. The smallest absolute Gasteiger partial charge is 0.318 e. The first-order chi connectivity index (χ1) is 14.2. The number of amides is 2. The second-order valence-corrected chi connectivity index (χ2v) is 9.33. The van der Waals surface area contributed by atoms with Crippen molar-refractivity contribution in [3.8, 4) is 5.69 Å². The van der Waals surface area contributed by atoms with Gasteiger partial charge in [-0.2, -0.15) is 0 Å². The number of hydrogen-bond acceptors (Lipinski definition) is 3. The molecule has 2 bridgehead atoms. The van der Waals surface area contributed by atoms with Crippen molar-refractivity contribution in [3.05, 3.63) is 48.5 Å². The standard InChI is InChI=1S/C23H28N4O2/c28-22(27-17-6-7-18(27)15-23(14-17)9-10-23)25-19-8-13-29-20(19)21-24-11-12-26(21)16-4-2-1-3-5-16/h1-5,11-12,17-20H,6-10,13-15H2,(H,25,28)/t17?,18?,19-,20-/m0/s1. The van der Waals surface area contributed by atoms with E-state index in [2.05, 4.69) is 31.9 Å². The number of para-hydroxylation sites is 1. The third kappa shape index (κ3) is 2.96. The fourth-order valence-electron chi connectivity index (χ4n) is 5.92. The zero-order chi connectivity index (χ0) is 19.4. The Labute approximate surface area is 171 Å².